The number of amides is 1. The molecule has 34 heavy (non-hydrogen) atoms. The highest BCUT2D eigenvalue weighted by Crippen LogP contribution is 2.22. The first kappa shape index (κ1) is 22.8. The molecule has 0 radical (unpaired) electrons. The van der Waals surface area contributed by atoms with Gasteiger partial charge in [0.1, 0.15) is 24.0 Å². The quantitative estimate of drug-likeness (QED) is 0.249. The second-order valence-corrected chi connectivity index (χ2v) is 7.78. The van der Waals surface area contributed by atoms with E-state index in [9.17, 15) is 14.4 Å². The first-order valence-corrected chi connectivity index (χ1v) is 10.8. The highest BCUT2D eigenvalue weighted by atomic mass is 16.6. The fourth-order valence-corrected chi connectivity index (χ4v) is 3.51. The maximum absolute atomic E-state index is 13.0. The van der Waals surface area contributed by atoms with Gasteiger partial charge in [-0.25, -0.2) is 14.4 Å². The lowest BCUT2D eigenvalue weighted by molar-refractivity contribution is -0.136. The molecule has 0 saturated heterocycles. The summed E-state index contributed by atoms with van der Waals surface area (Å²) >= 11 is 0. The molecule has 0 fully saturated rings. The monoisotopic (exact) mass is 457 g/mol. The zero-order chi connectivity index (χ0) is 23.9. The Balaban J connectivity index is 1.49. The summed E-state index contributed by atoms with van der Waals surface area (Å²) in [6, 6.07) is 23.7. The molecule has 7 nitrogen and oxygen atoms in total. The van der Waals surface area contributed by atoms with Gasteiger partial charge in [0.15, 0.2) is 0 Å². The Hall–Kier alpha value is -4.39. The predicted molar refractivity (Wildman–Crippen MR) is 127 cm³/mol. The van der Waals surface area contributed by atoms with Crippen LogP contribution in [0.2, 0.25) is 0 Å². The number of fused-ring (bicyclic) bond motifs is 1. The normalized spacial score (nSPS) is 11.6. The molecule has 0 aliphatic carbocycles. The largest absolute Gasteiger partial charge is 0.445 e. The van der Waals surface area contributed by atoms with Crippen LogP contribution in [-0.2, 0) is 22.6 Å². The number of nitrogens with one attached hydrogen (secondary N) is 1. The second-order valence-electron chi connectivity index (χ2n) is 7.78. The molecular formula is C27H23NO6. The summed E-state index contributed by atoms with van der Waals surface area (Å²) in [5.74, 6) is -0.473. The highest BCUT2D eigenvalue weighted by molar-refractivity contribution is 5.85. The third-order valence-electron chi connectivity index (χ3n) is 5.21. The average molecular weight is 457 g/mol. The van der Waals surface area contributed by atoms with Crippen LogP contribution in [-0.4, -0.2) is 18.1 Å². The van der Waals surface area contributed by atoms with Gasteiger partial charge in [-0.1, -0.05) is 60.7 Å². The van der Waals surface area contributed by atoms with Crippen LogP contribution in [0.1, 0.15) is 16.7 Å². The Morgan fingerprint density at radius 1 is 0.912 bits per heavy atom. The number of hydrogen-bond acceptors (Lipinski definition) is 6. The van der Waals surface area contributed by atoms with Crippen LogP contribution in [0.4, 0.5) is 4.79 Å². The van der Waals surface area contributed by atoms with E-state index in [0.29, 0.717) is 5.58 Å². The Labute approximate surface area is 195 Å². The number of benzene rings is 3. The average Bonchev–Trinajstić information content (AvgIpc) is 2.83. The molecule has 1 heterocycles. The number of hydrogen-bond donors (Lipinski definition) is 1. The van der Waals surface area contributed by atoms with Crippen LogP contribution in [0.25, 0.3) is 11.0 Å². The molecule has 1 aromatic heterocycles. The van der Waals surface area contributed by atoms with Gasteiger partial charge in [0, 0.05) is 23.9 Å². The number of esters is 1. The van der Waals surface area contributed by atoms with E-state index in [1.165, 1.54) is 12.1 Å². The van der Waals surface area contributed by atoms with Gasteiger partial charge in [-0.15, -0.1) is 0 Å². The fraction of sp³-hybridized carbons (Fsp3) is 0.148. The third kappa shape index (κ3) is 5.89. The Morgan fingerprint density at radius 3 is 2.29 bits per heavy atom. The SMILES string of the molecule is Cc1cc(=O)oc2cc(OC(=O)[C@H](Cc3ccccc3)NC(=O)OCc3ccccc3)ccc12. The molecule has 3 aromatic carbocycles. The molecular weight excluding hydrogens is 434 g/mol. The summed E-state index contributed by atoms with van der Waals surface area (Å²) in [4.78, 5) is 37.1. The number of aryl methyl sites for hydroxylation is 1. The van der Waals surface area contributed by atoms with E-state index in [0.717, 1.165) is 22.1 Å². The Bertz CT molecular complexity index is 1350. The maximum Gasteiger partial charge on any atom is 0.408 e. The lowest BCUT2D eigenvalue weighted by Gasteiger charge is -2.18. The van der Waals surface area contributed by atoms with Crippen molar-refractivity contribution in [1.82, 2.24) is 5.32 Å². The zero-order valence-corrected chi connectivity index (χ0v) is 18.5. The van der Waals surface area contributed by atoms with Crippen LogP contribution < -0.4 is 15.7 Å². The summed E-state index contributed by atoms with van der Waals surface area (Å²) in [5, 5.41) is 3.34. The van der Waals surface area contributed by atoms with Crippen LogP contribution >= 0.6 is 0 Å². The van der Waals surface area contributed by atoms with Gasteiger partial charge in [-0.05, 0) is 35.7 Å². The first-order valence-electron chi connectivity index (χ1n) is 10.8. The van der Waals surface area contributed by atoms with Crippen molar-refractivity contribution in [2.24, 2.45) is 0 Å². The van der Waals surface area contributed by atoms with Crippen molar-refractivity contribution in [2.45, 2.75) is 26.0 Å². The second kappa shape index (κ2) is 10.5. The fourth-order valence-electron chi connectivity index (χ4n) is 3.51. The molecule has 0 spiro atoms. The van der Waals surface area contributed by atoms with Crippen LogP contribution in [0.3, 0.4) is 0 Å². The van der Waals surface area contributed by atoms with Gasteiger partial charge >= 0.3 is 17.7 Å². The smallest absolute Gasteiger partial charge is 0.408 e. The van der Waals surface area contributed by atoms with E-state index in [4.69, 9.17) is 13.9 Å². The number of ether oxygens (including phenoxy) is 2. The van der Waals surface area contributed by atoms with Gasteiger partial charge in [0.05, 0.1) is 0 Å². The minimum atomic E-state index is -0.995. The zero-order valence-electron chi connectivity index (χ0n) is 18.5. The van der Waals surface area contributed by atoms with E-state index < -0.39 is 23.7 Å². The predicted octanol–water partition coefficient (Wildman–Crippen LogP) is 4.54. The summed E-state index contributed by atoms with van der Waals surface area (Å²) in [6.07, 6.45) is -0.524. The van der Waals surface area contributed by atoms with Crippen molar-refractivity contribution >= 4 is 23.0 Å². The van der Waals surface area contributed by atoms with Crippen molar-refractivity contribution in [3.63, 3.8) is 0 Å². The molecule has 1 amide bonds. The molecule has 0 unspecified atom stereocenters. The van der Waals surface area contributed by atoms with Crippen molar-refractivity contribution < 1.29 is 23.5 Å². The molecule has 7 heteroatoms. The first-order chi connectivity index (χ1) is 16.5. The Kier molecular flexibility index (Phi) is 7.03. The molecule has 0 bridgehead atoms. The van der Waals surface area contributed by atoms with Crippen LogP contribution in [0.15, 0.2) is 94.1 Å². The standard InChI is InChI=1S/C27H23NO6/c1-18-14-25(29)34-24-16-21(12-13-22(18)24)33-26(30)23(15-19-8-4-2-5-9-19)28-27(31)32-17-20-10-6-3-7-11-20/h2-14,16,23H,15,17H2,1H3,(H,28,31)/t23-/m0/s1. The highest BCUT2D eigenvalue weighted by Gasteiger charge is 2.24. The number of rotatable bonds is 7. The van der Waals surface area contributed by atoms with E-state index in [2.05, 4.69) is 5.32 Å². The van der Waals surface area contributed by atoms with Crippen molar-refractivity contribution in [3.05, 3.63) is 112 Å². The van der Waals surface area contributed by atoms with Gasteiger partial charge in [0.25, 0.3) is 0 Å². The van der Waals surface area contributed by atoms with E-state index >= 15 is 0 Å². The summed E-state index contributed by atoms with van der Waals surface area (Å²) in [7, 11) is 0. The molecule has 0 aliphatic heterocycles. The summed E-state index contributed by atoms with van der Waals surface area (Å²) < 4.78 is 16.0. The molecule has 0 saturated carbocycles. The van der Waals surface area contributed by atoms with Gasteiger partial charge in [0.2, 0.25) is 0 Å². The van der Waals surface area contributed by atoms with Gasteiger partial charge in [-0.2, -0.15) is 0 Å². The summed E-state index contributed by atoms with van der Waals surface area (Å²) in [5.41, 5.74) is 2.25. The van der Waals surface area contributed by atoms with Gasteiger partial charge < -0.3 is 19.2 Å². The number of carbonyl (C=O) groups excluding carboxylic acids is 2. The Morgan fingerprint density at radius 2 is 1.59 bits per heavy atom. The minimum Gasteiger partial charge on any atom is -0.445 e. The van der Waals surface area contributed by atoms with Crippen LogP contribution in [0.5, 0.6) is 5.75 Å². The molecule has 0 aliphatic rings. The number of carbonyl (C=O) groups is 2. The van der Waals surface area contributed by atoms with Crippen molar-refractivity contribution in [3.8, 4) is 5.75 Å². The molecule has 4 rings (SSSR count). The lowest BCUT2D eigenvalue weighted by atomic mass is 10.1. The third-order valence-corrected chi connectivity index (χ3v) is 5.21. The van der Waals surface area contributed by atoms with Crippen molar-refractivity contribution in [2.75, 3.05) is 0 Å². The topological polar surface area (TPSA) is 94.8 Å². The van der Waals surface area contributed by atoms with Gasteiger partial charge in [-0.3, -0.25) is 0 Å². The molecule has 172 valence electrons. The summed E-state index contributed by atoms with van der Waals surface area (Å²) in [6.45, 7) is 1.87. The number of alkyl carbamates (subject to hydrolysis) is 1. The van der Waals surface area contributed by atoms with Crippen molar-refractivity contribution in [1.29, 1.82) is 0 Å². The van der Waals surface area contributed by atoms with Crippen LogP contribution in [0, 0.1) is 6.92 Å². The lowest BCUT2D eigenvalue weighted by Crippen LogP contribution is -2.44. The molecule has 4 aromatic rings. The molecule has 1 N–H and O–H groups in total. The minimum absolute atomic E-state index is 0.0723. The van der Waals surface area contributed by atoms with E-state index in [-0.39, 0.29) is 18.8 Å². The van der Waals surface area contributed by atoms with E-state index in [1.807, 2.05) is 60.7 Å². The van der Waals surface area contributed by atoms with E-state index in [1.54, 1.807) is 19.1 Å². The molecule has 1 atom stereocenters. The maximum atomic E-state index is 13.0.